The lowest BCUT2D eigenvalue weighted by molar-refractivity contribution is 0.584. The van der Waals surface area contributed by atoms with Gasteiger partial charge in [0.05, 0.1) is 4.90 Å². The van der Waals surface area contributed by atoms with E-state index in [9.17, 15) is 8.42 Å². The second kappa shape index (κ2) is 5.65. The summed E-state index contributed by atoms with van der Waals surface area (Å²) in [5.74, 6) is 0. The fraction of sp³-hybridized carbons (Fsp3) is 0.364. The van der Waals surface area contributed by atoms with Crippen LogP contribution in [0.3, 0.4) is 0 Å². The summed E-state index contributed by atoms with van der Waals surface area (Å²) in [7, 11) is -3.51. The summed E-state index contributed by atoms with van der Waals surface area (Å²) in [6.07, 6.45) is 1.49. The molecule has 0 amide bonds. The average molecular weight is 240 g/mol. The Morgan fingerprint density at radius 3 is 2.25 bits per heavy atom. The van der Waals surface area contributed by atoms with Crippen molar-refractivity contribution in [1.82, 2.24) is 4.83 Å². The summed E-state index contributed by atoms with van der Waals surface area (Å²) in [6.45, 7) is 3.89. The molecule has 1 aromatic rings. The van der Waals surface area contributed by atoms with Gasteiger partial charge < -0.3 is 0 Å². The molecule has 0 radical (unpaired) electrons. The standard InChI is InChI=1S/C11H16N2O2S/c1-3-10(4-2)12-13-16(14,15)11-8-6-5-7-9-11/h5-9,13H,3-4H2,1-2H3. The van der Waals surface area contributed by atoms with E-state index in [4.69, 9.17) is 0 Å². The summed E-state index contributed by atoms with van der Waals surface area (Å²) in [4.78, 5) is 2.46. The lowest BCUT2D eigenvalue weighted by atomic mass is 10.2. The van der Waals surface area contributed by atoms with Gasteiger partial charge in [0, 0.05) is 5.71 Å². The summed E-state index contributed by atoms with van der Waals surface area (Å²) >= 11 is 0. The number of benzene rings is 1. The SMILES string of the molecule is CCC(CC)=NNS(=O)(=O)c1ccccc1. The first-order valence-corrected chi connectivity index (χ1v) is 6.70. The van der Waals surface area contributed by atoms with Crippen LogP contribution in [0.1, 0.15) is 26.7 Å². The van der Waals surface area contributed by atoms with Crippen molar-refractivity contribution >= 4 is 15.7 Å². The molecule has 4 nitrogen and oxygen atoms in total. The predicted molar refractivity (Wildman–Crippen MR) is 64.8 cm³/mol. The second-order valence-corrected chi connectivity index (χ2v) is 4.95. The Labute approximate surface area is 96.4 Å². The molecular weight excluding hydrogens is 224 g/mol. The molecule has 5 heteroatoms. The molecule has 1 N–H and O–H groups in total. The van der Waals surface area contributed by atoms with Gasteiger partial charge in [0.25, 0.3) is 10.0 Å². The van der Waals surface area contributed by atoms with Gasteiger partial charge in [0.1, 0.15) is 0 Å². The fourth-order valence-corrected chi connectivity index (χ4v) is 2.06. The van der Waals surface area contributed by atoms with E-state index in [1.165, 1.54) is 12.1 Å². The molecule has 0 fully saturated rings. The van der Waals surface area contributed by atoms with Crippen molar-refractivity contribution in [3.8, 4) is 0 Å². The van der Waals surface area contributed by atoms with Crippen LogP contribution in [-0.4, -0.2) is 14.1 Å². The van der Waals surface area contributed by atoms with Crippen molar-refractivity contribution in [2.75, 3.05) is 0 Å². The van der Waals surface area contributed by atoms with E-state index in [-0.39, 0.29) is 4.90 Å². The molecule has 0 saturated carbocycles. The van der Waals surface area contributed by atoms with E-state index < -0.39 is 10.0 Å². The van der Waals surface area contributed by atoms with Crippen molar-refractivity contribution in [2.24, 2.45) is 5.10 Å². The molecule has 0 aliphatic carbocycles. The Balaban J connectivity index is 2.85. The van der Waals surface area contributed by atoms with Gasteiger partial charge in [-0.2, -0.15) is 13.5 Å². The maximum atomic E-state index is 11.8. The van der Waals surface area contributed by atoms with Crippen LogP contribution in [0.25, 0.3) is 0 Å². The van der Waals surface area contributed by atoms with Crippen LogP contribution in [0.2, 0.25) is 0 Å². The summed E-state index contributed by atoms with van der Waals surface area (Å²) in [5.41, 5.74) is 0.833. The van der Waals surface area contributed by atoms with Gasteiger partial charge in [0.2, 0.25) is 0 Å². The minimum absolute atomic E-state index is 0.227. The highest BCUT2D eigenvalue weighted by molar-refractivity contribution is 7.89. The molecule has 0 aliphatic rings. The van der Waals surface area contributed by atoms with Crippen molar-refractivity contribution < 1.29 is 8.42 Å². The largest absolute Gasteiger partial charge is 0.276 e. The molecule has 0 spiro atoms. The highest BCUT2D eigenvalue weighted by Gasteiger charge is 2.11. The third kappa shape index (κ3) is 3.34. The van der Waals surface area contributed by atoms with Crippen LogP contribution in [0.4, 0.5) is 0 Å². The van der Waals surface area contributed by atoms with E-state index in [0.29, 0.717) is 0 Å². The van der Waals surface area contributed by atoms with Crippen LogP contribution in [0.15, 0.2) is 40.3 Å². The van der Waals surface area contributed by atoms with Crippen LogP contribution in [0.5, 0.6) is 0 Å². The Kier molecular flexibility index (Phi) is 4.49. The molecule has 1 aromatic carbocycles. The summed E-state index contributed by atoms with van der Waals surface area (Å²) in [5, 5.41) is 3.89. The topological polar surface area (TPSA) is 58.5 Å². The van der Waals surface area contributed by atoms with Gasteiger partial charge in [0.15, 0.2) is 0 Å². The molecule has 16 heavy (non-hydrogen) atoms. The fourth-order valence-electron chi connectivity index (χ4n) is 1.19. The predicted octanol–water partition coefficient (Wildman–Crippen LogP) is 2.14. The lowest BCUT2D eigenvalue weighted by Crippen LogP contribution is -2.19. The smallest absolute Gasteiger partial charge is 0.200 e. The monoisotopic (exact) mass is 240 g/mol. The number of rotatable bonds is 5. The number of nitrogens with zero attached hydrogens (tertiary/aromatic N) is 1. The van der Waals surface area contributed by atoms with Gasteiger partial charge in [-0.15, -0.1) is 0 Å². The summed E-state index contributed by atoms with van der Waals surface area (Å²) < 4.78 is 23.5. The summed E-state index contributed by atoms with van der Waals surface area (Å²) in [6, 6.07) is 8.20. The number of hydrogen-bond acceptors (Lipinski definition) is 3. The first-order valence-electron chi connectivity index (χ1n) is 5.22. The molecule has 88 valence electrons. The van der Waals surface area contributed by atoms with Crippen molar-refractivity contribution in [1.29, 1.82) is 0 Å². The zero-order valence-corrected chi connectivity index (χ0v) is 10.3. The highest BCUT2D eigenvalue weighted by atomic mass is 32.2. The van der Waals surface area contributed by atoms with Crippen molar-refractivity contribution in [3.05, 3.63) is 30.3 Å². The second-order valence-electron chi connectivity index (χ2n) is 3.29. The van der Waals surface area contributed by atoms with Crippen molar-refractivity contribution in [2.45, 2.75) is 31.6 Å². The zero-order valence-electron chi connectivity index (χ0n) is 9.47. The van der Waals surface area contributed by atoms with E-state index >= 15 is 0 Å². The molecule has 0 unspecified atom stereocenters. The maximum Gasteiger partial charge on any atom is 0.276 e. The van der Waals surface area contributed by atoms with Crippen molar-refractivity contribution in [3.63, 3.8) is 0 Å². The number of hydrazone groups is 1. The molecule has 0 aliphatic heterocycles. The van der Waals surface area contributed by atoms with Crippen LogP contribution >= 0.6 is 0 Å². The van der Waals surface area contributed by atoms with E-state index in [0.717, 1.165) is 18.6 Å². The first-order chi connectivity index (χ1) is 7.60. The minimum atomic E-state index is -3.51. The number of sulfonamides is 1. The Hall–Kier alpha value is -1.36. The van der Waals surface area contributed by atoms with Gasteiger partial charge >= 0.3 is 0 Å². The Bertz CT molecular complexity index is 446. The minimum Gasteiger partial charge on any atom is -0.200 e. The molecule has 1 rings (SSSR count). The first kappa shape index (κ1) is 12.7. The molecule has 0 bridgehead atoms. The average Bonchev–Trinajstić information content (AvgIpc) is 2.31. The third-order valence-electron chi connectivity index (χ3n) is 2.19. The highest BCUT2D eigenvalue weighted by Crippen LogP contribution is 2.07. The maximum absolute atomic E-state index is 11.8. The zero-order chi connectivity index (χ0) is 12.0. The number of nitrogens with one attached hydrogen (secondary N) is 1. The van der Waals surface area contributed by atoms with Crippen LogP contribution in [0, 0.1) is 0 Å². The lowest BCUT2D eigenvalue weighted by Gasteiger charge is -2.04. The van der Waals surface area contributed by atoms with E-state index in [1.807, 2.05) is 13.8 Å². The quantitative estimate of drug-likeness (QED) is 0.633. The van der Waals surface area contributed by atoms with Crippen LogP contribution in [-0.2, 0) is 10.0 Å². The Morgan fingerprint density at radius 1 is 1.19 bits per heavy atom. The normalized spacial score (nSPS) is 10.9. The third-order valence-corrected chi connectivity index (χ3v) is 3.42. The van der Waals surface area contributed by atoms with E-state index in [1.54, 1.807) is 18.2 Å². The van der Waals surface area contributed by atoms with Gasteiger partial charge in [-0.1, -0.05) is 32.0 Å². The molecule has 0 saturated heterocycles. The van der Waals surface area contributed by atoms with Gasteiger partial charge in [-0.25, -0.2) is 4.83 Å². The van der Waals surface area contributed by atoms with E-state index in [2.05, 4.69) is 9.93 Å². The van der Waals surface area contributed by atoms with Gasteiger partial charge in [-0.3, -0.25) is 0 Å². The Morgan fingerprint density at radius 2 is 1.75 bits per heavy atom. The molecule has 0 atom stereocenters. The van der Waals surface area contributed by atoms with Gasteiger partial charge in [-0.05, 0) is 25.0 Å². The molecular formula is C11H16N2O2S. The number of hydrogen-bond donors (Lipinski definition) is 1. The molecule has 0 aromatic heterocycles. The van der Waals surface area contributed by atoms with Crippen LogP contribution < -0.4 is 4.83 Å². The molecule has 0 heterocycles.